The Morgan fingerprint density at radius 3 is 1.23 bits per heavy atom. The van der Waals surface area contributed by atoms with Crippen molar-refractivity contribution in [3.63, 3.8) is 0 Å². The van der Waals surface area contributed by atoms with Crippen molar-refractivity contribution in [2.45, 2.75) is 200 Å². The highest BCUT2D eigenvalue weighted by atomic mass is 16.3. The molecule has 0 saturated carbocycles. The fraction of sp³-hybridized carbons (Fsp3) is 0.860. The Kier molecular flexibility index (Phi) is 34.6. The summed E-state index contributed by atoms with van der Waals surface area (Å²) in [6, 6.07) is -0.691. The third-order valence-corrected chi connectivity index (χ3v) is 9.82. The minimum Gasteiger partial charge on any atom is -0.395 e. The molecule has 5 heteroatoms. The van der Waals surface area contributed by atoms with Crippen LogP contribution < -0.4 is 5.73 Å². The molecule has 0 saturated heterocycles. The first-order valence-electron chi connectivity index (χ1n) is 20.7. The molecule has 0 heterocycles. The highest BCUT2D eigenvalue weighted by Crippen LogP contribution is 2.24. The van der Waals surface area contributed by atoms with Gasteiger partial charge in [-0.2, -0.15) is 0 Å². The van der Waals surface area contributed by atoms with E-state index in [0.29, 0.717) is 19.4 Å². The molecule has 0 aliphatic carbocycles. The number of carbonyl (C=O) groups excluding carboxylic acids is 2. The van der Waals surface area contributed by atoms with Crippen molar-refractivity contribution in [3.05, 3.63) is 24.3 Å². The molecule has 0 spiro atoms. The molecule has 0 aliphatic rings. The monoisotopic (exact) mass is 675 g/mol. The molecule has 0 bridgehead atoms. The zero-order valence-corrected chi connectivity index (χ0v) is 32.5. The summed E-state index contributed by atoms with van der Waals surface area (Å²) in [6.07, 6.45) is 42.1. The van der Waals surface area contributed by atoms with Crippen molar-refractivity contribution in [3.8, 4) is 0 Å². The molecular formula is C43H82N2O3. The topological polar surface area (TPSA) is 83.6 Å². The van der Waals surface area contributed by atoms with Crippen LogP contribution in [0.1, 0.15) is 194 Å². The molecule has 0 amide bonds. The van der Waals surface area contributed by atoms with Gasteiger partial charge in [0.05, 0.1) is 6.61 Å². The van der Waals surface area contributed by atoms with Crippen LogP contribution in [-0.4, -0.2) is 54.9 Å². The number of aliphatic hydroxyl groups is 1. The number of nitrogens with two attached hydrogens (primary N) is 1. The van der Waals surface area contributed by atoms with Crippen LogP contribution in [0.3, 0.4) is 0 Å². The Labute approximate surface area is 299 Å². The van der Waals surface area contributed by atoms with Gasteiger partial charge in [0.15, 0.2) is 0 Å². The van der Waals surface area contributed by atoms with E-state index in [9.17, 15) is 14.7 Å². The number of ketones is 2. The maximum absolute atomic E-state index is 13.5. The van der Waals surface area contributed by atoms with E-state index in [1.165, 1.54) is 116 Å². The van der Waals surface area contributed by atoms with Crippen molar-refractivity contribution in [2.75, 3.05) is 27.2 Å². The van der Waals surface area contributed by atoms with Gasteiger partial charge in [-0.25, -0.2) is 0 Å². The van der Waals surface area contributed by atoms with Gasteiger partial charge in [-0.1, -0.05) is 141 Å². The maximum atomic E-state index is 13.5. The Morgan fingerprint density at radius 1 is 0.542 bits per heavy atom. The van der Waals surface area contributed by atoms with Crippen molar-refractivity contribution >= 4 is 11.6 Å². The first-order chi connectivity index (χ1) is 23.4. The average molecular weight is 675 g/mol. The second kappa shape index (κ2) is 35.5. The Bertz CT molecular complexity index is 778. The molecular weight excluding hydrogens is 592 g/mol. The molecule has 0 rings (SSSR count). The van der Waals surface area contributed by atoms with Gasteiger partial charge < -0.3 is 15.7 Å². The number of Topliss-reactive ketones (excluding diaryl/α,β-unsaturated/α-hetero) is 2. The number of carbonyl (C=O) groups is 2. The van der Waals surface area contributed by atoms with Crippen molar-refractivity contribution in [2.24, 2.45) is 17.6 Å². The number of hydrogen-bond donors (Lipinski definition) is 2. The Hall–Kier alpha value is -1.30. The first kappa shape index (κ1) is 46.7. The predicted molar refractivity (Wildman–Crippen MR) is 210 cm³/mol. The van der Waals surface area contributed by atoms with Gasteiger partial charge in [-0.05, 0) is 78.3 Å². The molecule has 3 unspecified atom stereocenters. The summed E-state index contributed by atoms with van der Waals surface area (Å²) in [5, 5.41) is 9.93. The van der Waals surface area contributed by atoms with Crippen molar-refractivity contribution in [1.82, 2.24) is 4.90 Å². The van der Waals surface area contributed by atoms with Crippen LogP contribution in [0.5, 0.6) is 0 Å². The van der Waals surface area contributed by atoms with Gasteiger partial charge in [0.1, 0.15) is 11.6 Å². The molecule has 3 atom stereocenters. The Balaban J connectivity index is 4.34. The fourth-order valence-electron chi connectivity index (χ4n) is 6.78. The lowest BCUT2D eigenvalue weighted by atomic mass is 9.77. The zero-order valence-electron chi connectivity index (χ0n) is 32.5. The van der Waals surface area contributed by atoms with E-state index in [0.717, 1.165) is 51.4 Å². The molecule has 0 aliphatic heterocycles. The fourth-order valence-corrected chi connectivity index (χ4v) is 6.78. The lowest BCUT2D eigenvalue weighted by molar-refractivity contribution is -0.134. The summed E-state index contributed by atoms with van der Waals surface area (Å²) in [7, 11) is 3.89. The van der Waals surface area contributed by atoms with Crippen LogP contribution in [0.2, 0.25) is 0 Å². The first-order valence-corrected chi connectivity index (χ1v) is 20.7. The molecule has 282 valence electrons. The zero-order chi connectivity index (χ0) is 35.5. The lowest BCUT2D eigenvalue weighted by Gasteiger charge is -2.31. The van der Waals surface area contributed by atoms with E-state index >= 15 is 0 Å². The Morgan fingerprint density at radius 2 is 0.875 bits per heavy atom. The standard InChI is InChI=1S/C43H82N2O3/c1-5-7-9-11-13-15-17-19-21-23-25-27-29-31-33-35-41(47)39(37-45(3)4)43(40(44)38-46)42(48)36-34-32-30-28-26-24-22-20-18-16-14-12-10-8-6-2/h19-22,39-40,43,46H,5-18,23-38,44H2,1-4H3/b21-19-,22-20-. The molecule has 48 heavy (non-hydrogen) atoms. The second-order valence-electron chi connectivity index (χ2n) is 14.8. The molecule has 5 nitrogen and oxygen atoms in total. The van der Waals surface area contributed by atoms with Crippen molar-refractivity contribution in [1.29, 1.82) is 0 Å². The summed E-state index contributed by atoms with van der Waals surface area (Å²) in [5.41, 5.74) is 6.32. The smallest absolute Gasteiger partial charge is 0.138 e. The van der Waals surface area contributed by atoms with Crippen LogP contribution in [0.4, 0.5) is 0 Å². The highest BCUT2D eigenvalue weighted by Gasteiger charge is 2.37. The minimum absolute atomic E-state index is 0.0546. The minimum atomic E-state index is -0.691. The normalized spacial score (nSPS) is 14.0. The molecule has 0 aromatic rings. The van der Waals surface area contributed by atoms with Crippen molar-refractivity contribution < 1.29 is 14.7 Å². The van der Waals surface area contributed by atoms with Crippen LogP contribution in [-0.2, 0) is 9.59 Å². The number of allylic oxidation sites excluding steroid dienone is 4. The summed E-state index contributed by atoms with van der Waals surface area (Å²) in [5.74, 6) is -0.869. The van der Waals surface area contributed by atoms with Crippen LogP contribution >= 0.6 is 0 Å². The predicted octanol–water partition coefficient (Wildman–Crippen LogP) is 11.3. The second-order valence-corrected chi connectivity index (χ2v) is 14.8. The third-order valence-electron chi connectivity index (χ3n) is 9.82. The molecule has 3 N–H and O–H groups in total. The number of nitrogens with zero attached hydrogens (tertiary/aromatic N) is 1. The maximum Gasteiger partial charge on any atom is 0.138 e. The largest absolute Gasteiger partial charge is 0.395 e. The summed E-state index contributed by atoms with van der Waals surface area (Å²) >= 11 is 0. The summed E-state index contributed by atoms with van der Waals surface area (Å²) in [4.78, 5) is 28.9. The molecule has 0 aromatic carbocycles. The van der Waals surface area contributed by atoms with Gasteiger partial charge in [-0.3, -0.25) is 9.59 Å². The van der Waals surface area contributed by atoms with E-state index in [4.69, 9.17) is 5.73 Å². The molecule has 0 fully saturated rings. The third kappa shape index (κ3) is 28.5. The number of hydrogen-bond acceptors (Lipinski definition) is 5. The van der Waals surface area contributed by atoms with Gasteiger partial charge in [0, 0.05) is 37.3 Å². The number of aliphatic hydroxyl groups excluding tert-OH is 1. The molecule has 0 aromatic heterocycles. The lowest BCUT2D eigenvalue weighted by Crippen LogP contribution is -2.48. The van der Waals surface area contributed by atoms with Gasteiger partial charge in [0.2, 0.25) is 0 Å². The van der Waals surface area contributed by atoms with Gasteiger partial charge in [-0.15, -0.1) is 0 Å². The quantitative estimate of drug-likeness (QED) is 0.0506. The van der Waals surface area contributed by atoms with Gasteiger partial charge in [0.25, 0.3) is 0 Å². The summed E-state index contributed by atoms with van der Waals surface area (Å²) < 4.78 is 0. The van der Waals surface area contributed by atoms with E-state index in [1.54, 1.807) is 0 Å². The van der Waals surface area contributed by atoms with E-state index < -0.39 is 17.9 Å². The SMILES string of the molecule is CCCCCCCC/C=C\CCCCCCCC(=O)C(CN(C)C)C(C(=O)CCCCCCC/C=C\CCCCCCCC)C(N)CO. The number of unbranched alkanes of at least 4 members (excludes halogenated alkanes) is 22. The van der Waals surface area contributed by atoms with Crippen LogP contribution in [0.25, 0.3) is 0 Å². The van der Waals surface area contributed by atoms with Crippen LogP contribution in [0.15, 0.2) is 24.3 Å². The summed E-state index contributed by atoms with van der Waals surface area (Å²) in [6.45, 7) is 4.76. The van der Waals surface area contributed by atoms with E-state index in [2.05, 4.69) is 38.2 Å². The average Bonchev–Trinajstić information content (AvgIpc) is 3.07. The number of rotatable bonds is 37. The van der Waals surface area contributed by atoms with E-state index in [-0.39, 0.29) is 18.2 Å². The van der Waals surface area contributed by atoms with Crippen LogP contribution in [0, 0.1) is 11.8 Å². The van der Waals surface area contributed by atoms with Gasteiger partial charge >= 0.3 is 0 Å². The van der Waals surface area contributed by atoms with E-state index in [1.807, 2.05) is 19.0 Å². The highest BCUT2D eigenvalue weighted by molar-refractivity contribution is 5.90. The molecule has 0 radical (unpaired) electrons.